The summed E-state index contributed by atoms with van der Waals surface area (Å²) in [5.74, 6) is 1.29. The number of piperidine rings is 1. The van der Waals surface area contributed by atoms with Crippen LogP contribution in [-0.4, -0.2) is 24.0 Å². The second-order valence-corrected chi connectivity index (χ2v) is 7.02. The highest BCUT2D eigenvalue weighted by atomic mass is 79.9. The number of primary amides is 1. The fraction of sp³-hybridized carbons (Fsp3) is 0.389. The van der Waals surface area contributed by atoms with Gasteiger partial charge in [0.1, 0.15) is 5.82 Å². The van der Waals surface area contributed by atoms with Gasteiger partial charge in [-0.3, -0.25) is 4.79 Å². The van der Waals surface area contributed by atoms with Crippen LogP contribution in [0.1, 0.15) is 32.3 Å². The molecule has 1 unspecified atom stereocenters. The van der Waals surface area contributed by atoms with Gasteiger partial charge in [-0.15, -0.1) is 0 Å². The van der Waals surface area contributed by atoms with Crippen LogP contribution in [0.3, 0.4) is 0 Å². The maximum absolute atomic E-state index is 9.39. The third-order valence-electron chi connectivity index (χ3n) is 3.86. The van der Waals surface area contributed by atoms with Crippen molar-refractivity contribution < 1.29 is 4.79 Å². The molecule has 1 amide bonds. The van der Waals surface area contributed by atoms with E-state index >= 15 is 0 Å². The molecule has 0 bridgehead atoms. The summed E-state index contributed by atoms with van der Waals surface area (Å²) in [6.45, 7) is 5.64. The molecule has 5 nitrogen and oxygen atoms in total. The molecule has 6 heteroatoms. The number of hydrogen-bond donors (Lipinski definition) is 1. The predicted octanol–water partition coefficient (Wildman–Crippen LogP) is 3.60. The summed E-state index contributed by atoms with van der Waals surface area (Å²) in [5.41, 5.74) is 6.06. The van der Waals surface area contributed by atoms with Crippen molar-refractivity contribution in [3.05, 3.63) is 34.3 Å². The number of nitrogens with zero attached hydrogens (tertiary/aromatic N) is 3. The van der Waals surface area contributed by atoms with Crippen molar-refractivity contribution in [2.75, 3.05) is 18.0 Å². The minimum Gasteiger partial charge on any atom is -0.370 e. The number of rotatable bonds is 1. The SMILES string of the molecule is CC(N)=O.CC1CCCN(c2cc(C#N)c3cc(Br)ccc3n2)C1. The van der Waals surface area contributed by atoms with Gasteiger partial charge in [0, 0.05) is 29.9 Å². The van der Waals surface area contributed by atoms with Gasteiger partial charge in [-0.2, -0.15) is 5.26 Å². The summed E-state index contributed by atoms with van der Waals surface area (Å²) >= 11 is 3.45. The third-order valence-corrected chi connectivity index (χ3v) is 4.35. The first-order valence-electron chi connectivity index (χ1n) is 7.92. The second kappa shape index (κ2) is 8.11. The normalized spacial score (nSPS) is 16.9. The number of amides is 1. The molecule has 126 valence electrons. The number of nitrogens with two attached hydrogens (primary N) is 1. The molecule has 2 heterocycles. The Bertz CT molecular complexity index is 780. The zero-order valence-corrected chi connectivity index (χ0v) is 15.5. The molecule has 0 radical (unpaired) electrons. The number of aromatic nitrogens is 1. The van der Waals surface area contributed by atoms with Gasteiger partial charge in [0.15, 0.2) is 0 Å². The lowest BCUT2D eigenvalue weighted by atomic mass is 10.00. The number of carbonyl (C=O) groups is 1. The van der Waals surface area contributed by atoms with Crippen LogP contribution in [0.5, 0.6) is 0 Å². The maximum Gasteiger partial charge on any atom is 0.214 e. The summed E-state index contributed by atoms with van der Waals surface area (Å²) < 4.78 is 0.975. The molecule has 1 saturated heterocycles. The number of halogens is 1. The molecular weight excluding hydrogens is 368 g/mol. The molecule has 0 saturated carbocycles. The molecule has 0 spiro atoms. The third kappa shape index (κ3) is 4.68. The molecular formula is C18H21BrN4O. The van der Waals surface area contributed by atoms with Crippen LogP contribution in [0.25, 0.3) is 10.9 Å². The molecule has 0 aliphatic carbocycles. The van der Waals surface area contributed by atoms with E-state index in [4.69, 9.17) is 4.98 Å². The summed E-state index contributed by atoms with van der Waals surface area (Å²) in [7, 11) is 0. The number of benzene rings is 1. The van der Waals surface area contributed by atoms with E-state index in [1.54, 1.807) is 0 Å². The fourth-order valence-electron chi connectivity index (χ4n) is 2.84. The smallest absolute Gasteiger partial charge is 0.214 e. The largest absolute Gasteiger partial charge is 0.370 e. The molecule has 24 heavy (non-hydrogen) atoms. The molecule has 2 N–H and O–H groups in total. The van der Waals surface area contributed by atoms with Gasteiger partial charge in [-0.25, -0.2) is 4.98 Å². The van der Waals surface area contributed by atoms with Gasteiger partial charge in [-0.1, -0.05) is 22.9 Å². The van der Waals surface area contributed by atoms with Gasteiger partial charge < -0.3 is 10.6 Å². The Labute approximate surface area is 150 Å². The Morgan fingerprint density at radius 2 is 2.17 bits per heavy atom. The van der Waals surface area contributed by atoms with Crippen LogP contribution < -0.4 is 10.6 Å². The molecule has 1 fully saturated rings. The molecule has 1 aliphatic heterocycles. The Balaban J connectivity index is 0.000000471. The van der Waals surface area contributed by atoms with Crippen molar-refractivity contribution in [3.63, 3.8) is 0 Å². The maximum atomic E-state index is 9.39. The van der Waals surface area contributed by atoms with E-state index in [0.29, 0.717) is 11.5 Å². The first-order valence-corrected chi connectivity index (χ1v) is 8.71. The van der Waals surface area contributed by atoms with Gasteiger partial charge >= 0.3 is 0 Å². The van der Waals surface area contributed by atoms with Crippen molar-refractivity contribution in [3.8, 4) is 6.07 Å². The van der Waals surface area contributed by atoms with E-state index in [1.807, 2.05) is 24.3 Å². The van der Waals surface area contributed by atoms with Crippen LogP contribution in [0.4, 0.5) is 5.82 Å². The molecule has 1 aliphatic rings. The average molecular weight is 389 g/mol. The van der Waals surface area contributed by atoms with Gasteiger partial charge in [-0.05, 0) is 43.0 Å². The Morgan fingerprint density at radius 3 is 2.79 bits per heavy atom. The van der Waals surface area contributed by atoms with E-state index in [-0.39, 0.29) is 5.91 Å². The predicted molar refractivity (Wildman–Crippen MR) is 99.6 cm³/mol. The van der Waals surface area contributed by atoms with E-state index in [0.717, 1.165) is 34.3 Å². The summed E-state index contributed by atoms with van der Waals surface area (Å²) in [6, 6.07) is 10.1. The highest BCUT2D eigenvalue weighted by Gasteiger charge is 2.19. The monoisotopic (exact) mass is 388 g/mol. The van der Waals surface area contributed by atoms with Crippen LogP contribution in [0, 0.1) is 17.2 Å². The van der Waals surface area contributed by atoms with E-state index in [1.165, 1.54) is 19.8 Å². The van der Waals surface area contributed by atoms with Gasteiger partial charge in [0.2, 0.25) is 5.91 Å². The number of pyridine rings is 1. The number of fused-ring (bicyclic) bond motifs is 1. The summed E-state index contributed by atoms with van der Waals surface area (Å²) in [6.07, 6.45) is 2.48. The van der Waals surface area contributed by atoms with Crippen LogP contribution >= 0.6 is 15.9 Å². The van der Waals surface area contributed by atoms with Crippen molar-refractivity contribution >= 4 is 38.6 Å². The number of nitriles is 1. The van der Waals surface area contributed by atoms with Gasteiger partial charge in [0.05, 0.1) is 17.1 Å². The van der Waals surface area contributed by atoms with Crippen molar-refractivity contribution in [1.29, 1.82) is 5.26 Å². The minimum atomic E-state index is -0.333. The number of hydrogen-bond acceptors (Lipinski definition) is 4. The quantitative estimate of drug-likeness (QED) is 0.808. The average Bonchev–Trinajstić information content (AvgIpc) is 2.53. The first-order chi connectivity index (χ1) is 11.4. The number of carbonyl (C=O) groups excluding carboxylic acids is 1. The lowest BCUT2D eigenvalue weighted by Gasteiger charge is -2.32. The number of anilines is 1. The Kier molecular flexibility index (Phi) is 6.16. The van der Waals surface area contributed by atoms with Crippen LogP contribution in [-0.2, 0) is 4.79 Å². The van der Waals surface area contributed by atoms with Crippen molar-refractivity contribution in [2.45, 2.75) is 26.7 Å². The first kappa shape index (κ1) is 18.2. The molecule has 1 aromatic carbocycles. The van der Waals surface area contributed by atoms with Crippen LogP contribution in [0.15, 0.2) is 28.7 Å². The Morgan fingerprint density at radius 1 is 1.46 bits per heavy atom. The lowest BCUT2D eigenvalue weighted by molar-refractivity contribution is -0.115. The lowest BCUT2D eigenvalue weighted by Crippen LogP contribution is -2.34. The zero-order valence-electron chi connectivity index (χ0n) is 13.9. The molecule has 2 aromatic rings. The van der Waals surface area contributed by atoms with Crippen LogP contribution in [0.2, 0.25) is 0 Å². The standard InChI is InChI=1S/C16H16BrN3.C2H5NO/c1-11-3-2-6-20(10-11)16-7-12(9-18)14-8-13(17)4-5-15(14)19-16;1-2(3)4/h4-5,7-8,11H,2-3,6,10H2,1H3;1H3,(H2,3,4). The second-order valence-electron chi connectivity index (χ2n) is 6.11. The zero-order chi connectivity index (χ0) is 17.7. The summed E-state index contributed by atoms with van der Waals surface area (Å²) in [4.78, 5) is 16.3. The fourth-order valence-corrected chi connectivity index (χ4v) is 3.20. The van der Waals surface area contributed by atoms with E-state index in [9.17, 15) is 10.1 Å². The summed E-state index contributed by atoms with van der Waals surface area (Å²) in [5, 5.41) is 10.3. The topological polar surface area (TPSA) is 83.0 Å². The molecule has 1 aromatic heterocycles. The van der Waals surface area contributed by atoms with E-state index in [2.05, 4.69) is 39.6 Å². The van der Waals surface area contributed by atoms with Crippen molar-refractivity contribution in [2.24, 2.45) is 11.7 Å². The molecule has 1 atom stereocenters. The van der Waals surface area contributed by atoms with Crippen molar-refractivity contribution in [1.82, 2.24) is 4.98 Å². The highest BCUT2D eigenvalue weighted by Crippen LogP contribution is 2.27. The minimum absolute atomic E-state index is 0.333. The van der Waals surface area contributed by atoms with Gasteiger partial charge in [0.25, 0.3) is 0 Å². The molecule has 3 rings (SSSR count). The van der Waals surface area contributed by atoms with E-state index < -0.39 is 0 Å². The Hall–Kier alpha value is -2.13. The highest BCUT2D eigenvalue weighted by molar-refractivity contribution is 9.10.